The highest BCUT2D eigenvalue weighted by Crippen LogP contribution is 2.41. The fraction of sp³-hybridized carbons (Fsp3) is 0.353. The number of aromatic hydroxyl groups is 1. The summed E-state index contributed by atoms with van der Waals surface area (Å²) < 4.78 is 0. The number of carbonyl (C=O) groups excluding carboxylic acids is 1. The van der Waals surface area contributed by atoms with E-state index >= 15 is 0 Å². The zero-order valence-electron chi connectivity index (χ0n) is 11.4. The van der Waals surface area contributed by atoms with E-state index < -0.39 is 0 Å². The molecule has 4 rings (SSSR count). The summed E-state index contributed by atoms with van der Waals surface area (Å²) in [4.78, 5) is 13.5. The lowest BCUT2D eigenvalue weighted by molar-refractivity contribution is 0.112. The Hall–Kier alpha value is -2.03. The number of anilines is 1. The fourth-order valence-electron chi connectivity index (χ4n) is 3.76. The number of phenolic OH excluding ortho intramolecular Hbond substituents is 1. The van der Waals surface area contributed by atoms with Gasteiger partial charge in [0.25, 0.3) is 0 Å². The first kappa shape index (κ1) is 11.8. The molecule has 2 aliphatic heterocycles. The van der Waals surface area contributed by atoms with Crippen LogP contribution in [0.3, 0.4) is 0 Å². The van der Waals surface area contributed by atoms with E-state index in [2.05, 4.69) is 11.0 Å². The molecule has 3 nitrogen and oxygen atoms in total. The molecule has 0 amide bonds. The summed E-state index contributed by atoms with van der Waals surface area (Å²) in [5, 5.41) is 12.2. The van der Waals surface area contributed by atoms with Gasteiger partial charge in [0.1, 0.15) is 5.75 Å². The SMILES string of the molecule is O=Cc1cc2cc3c4c(c2cc1O)CCCN4CCC3. The summed E-state index contributed by atoms with van der Waals surface area (Å²) in [5.74, 6) is 0.0941. The van der Waals surface area contributed by atoms with Gasteiger partial charge in [-0.1, -0.05) is 0 Å². The van der Waals surface area contributed by atoms with Gasteiger partial charge in [-0.3, -0.25) is 4.79 Å². The number of phenols is 1. The Balaban J connectivity index is 2.07. The minimum Gasteiger partial charge on any atom is -0.507 e. The van der Waals surface area contributed by atoms with Crippen LogP contribution in [0.15, 0.2) is 18.2 Å². The summed E-state index contributed by atoms with van der Waals surface area (Å²) in [6, 6.07) is 5.80. The van der Waals surface area contributed by atoms with Gasteiger partial charge in [-0.2, -0.15) is 0 Å². The van der Waals surface area contributed by atoms with Gasteiger partial charge in [-0.05, 0) is 65.8 Å². The number of nitrogens with zero attached hydrogens (tertiary/aromatic N) is 1. The van der Waals surface area contributed by atoms with Gasteiger partial charge in [0.2, 0.25) is 0 Å². The van der Waals surface area contributed by atoms with Crippen molar-refractivity contribution in [1.29, 1.82) is 0 Å². The third kappa shape index (κ3) is 1.56. The van der Waals surface area contributed by atoms with E-state index in [9.17, 15) is 9.90 Å². The van der Waals surface area contributed by atoms with E-state index in [0.29, 0.717) is 5.56 Å². The van der Waals surface area contributed by atoms with Crippen LogP contribution < -0.4 is 4.90 Å². The third-order valence-electron chi connectivity index (χ3n) is 4.62. The van der Waals surface area contributed by atoms with Crippen LogP contribution in [-0.2, 0) is 12.8 Å². The minimum absolute atomic E-state index is 0.0941. The van der Waals surface area contributed by atoms with E-state index in [1.54, 1.807) is 6.07 Å². The molecule has 2 aromatic rings. The molecule has 0 radical (unpaired) electrons. The molecule has 0 saturated heterocycles. The van der Waals surface area contributed by atoms with Crippen LogP contribution in [0.25, 0.3) is 10.8 Å². The molecule has 102 valence electrons. The Morgan fingerprint density at radius 3 is 2.70 bits per heavy atom. The number of carbonyl (C=O) groups is 1. The van der Waals surface area contributed by atoms with E-state index in [0.717, 1.165) is 43.0 Å². The standard InChI is InChI=1S/C17H17NO2/c19-10-13-8-12-7-11-3-1-5-18-6-2-4-14(17(11)18)15(12)9-16(13)20/h7-10,20H,1-6H2. The summed E-state index contributed by atoms with van der Waals surface area (Å²) in [6.07, 6.45) is 5.28. The molecule has 0 spiro atoms. The van der Waals surface area contributed by atoms with Crippen LogP contribution in [0.5, 0.6) is 5.75 Å². The lowest BCUT2D eigenvalue weighted by Crippen LogP contribution is -2.34. The maximum absolute atomic E-state index is 11.0. The van der Waals surface area contributed by atoms with Crippen LogP contribution >= 0.6 is 0 Å². The van der Waals surface area contributed by atoms with Crippen LogP contribution in [0.2, 0.25) is 0 Å². The van der Waals surface area contributed by atoms with Gasteiger partial charge in [-0.25, -0.2) is 0 Å². The number of aldehydes is 1. The first-order valence-corrected chi connectivity index (χ1v) is 7.29. The molecular weight excluding hydrogens is 250 g/mol. The molecule has 0 bridgehead atoms. The summed E-state index contributed by atoms with van der Waals surface area (Å²) >= 11 is 0. The highest BCUT2D eigenvalue weighted by molar-refractivity contribution is 5.97. The van der Waals surface area contributed by atoms with Gasteiger partial charge in [0.05, 0.1) is 5.56 Å². The Morgan fingerprint density at radius 1 is 1.10 bits per heavy atom. The van der Waals surface area contributed by atoms with Crippen molar-refractivity contribution in [2.45, 2.75) is 25.7 Å². The normalized spacial score (nSPS) is 17.1. The van der Waals surface area contributed by atoms with Gasteiger partial charge in [-0.15, -0.1) is 0 Å². The van der Waals surface area contributed by atoms with Crippen molar-refractivity contribution in [2.75, 3.05) is 18.0 Å². The second-order valence-corrected chi connectivity index (χ2v) is 5.81. The third-order valence-corrected chi connectivity index (χ3v) is 4.62. The van der Waals surface area contributed by atoms with Gasteiger partial charge in [0.15, 0.2) is 6.29 Å². The molecule has 3 heteroatoms. The second-order valence-electron chi connectivity index (χ2n) is 5.81. The Morgan fingerprint density at radius 2 is 1.90 bits per heavy atom. The Kier molecular flexibility index (Phi) is 2.49. The average molecular weight is 267 g/mol. The molecule has 0 aliphatic carbocycles. The van der Waals surface area contributed by atoms with Crippen molar-refractivity contribution in [3.05, 3.63) is 34.9 Å². The summed E-state index contributed by atoms with van der Waals surface area (Å²) in [6.45, 7) is 2.29. The molecular formula is C17H17NO2. The summed E-state index contributed by atoms with van der Waals surface area (Å²) in [5.41, 5.74) is 4.54. The van der Waals surface area contributed by atoms with Crippen molar-refractivity contribution < 1.29 is 9.90 Å². The maximum atomic E-state index is 11.0. The Bertz CT molecular complexity index is 719. The zero-order valence-corrected chi connectivity index (χ0v) is 11.4. The van der Waals surface area contributed by atoms with E-state index in [1.807, 2.05) is 6.07 Å². The molecule has 2 heterocycles. The average Bonchev–Trinajstić information content (AvgIpc) is 2.48. The predicted molar refractivity (Wildman–Crippen MR) is 79.9 cm³/mol. The van der Waals surface area contributed by atoms with Crippen LogP contribution in [-0.4, -0.2) is 24.5 Å². The van der Waals surface area contributed by atoms with Crippen molar-refractivity contribution >= 4 is 22.7 Å². The first-order valence-electron chi connectivity index (χ1n) is 7.29. The number of fused-ring (bicyclic) bond motifs is 2. The number of hydrogen-bond donors (Lipinski definition) is 1. The lowest BCUT2D eigenvalue weighted by atomic mass is 9.87. The van der Waals surface area contributed by atoms with Gasteiger partial charge >= 0.3 is 0 Å². The molecule has 0 saturated carbocycles. The fourth-order valence-corrected chi connectivity index (χ4v) is 3.76. The summed E-state index contributed by atoms with van der Waals surface area (Å²) in [7, 11) is 0. The zero-order chi connectivity index (χ0) is 13.7. The van der Waals surface area contributed by atoms with E-state index in [1.165, 1.54) is 29.7 Å². The molecule has 1 N–H and O–H groups in total. The van der Waals surface area contributed by atoms with Gasteiger partial charge < -0.3 is 10.0 Å². The molecule has 0 atom stereocenters. The van der Waals surface area contributed by atoms with Crippen molar-refractivity contribution in [2.24, 2.45) is 0 Å². The largest absolute Gasteiger partial charge is 0.507 e. The highest BCUT2D eigenvalue weighted by atomic mass is 16.3. The number of aryl methyl sites for hydroxylation is 2. The highest BCUT2D eigenvalue weighted by Gasteiger charge is 2.25. The smallest absolute Gasteiger partial charge is 0.153 e. The Labute approximate surface area is 117 Å². The van der Waals surface area contributed by atoms with Crippen molar-refractivity contribution in [3.63, 3.8) is 0 Å². The molecule has 0 aromatic heterocycles. The lowest BCUT2D eigenvalue weighted by Gasteiger charge is -2.37. The van der Waals surface area contributed by atoms with Crippen molar-refractivity contribution in [3.8, 4) is 5.75 Å². The van der Waals surface area contributed by atoms with Crippen LogP contribution in [0.4, 0.5) is 5.69 Å². The van der Waals surface area contributed by atoms with Gasteiger partial charge in [0, 0.05) is 18.8 Å². The van der Waals surface area contributed by atoms with E-state index in [4.69, 9.17) is 0 Å². The van der Waals surface area contributed by atoms with Crippen molar-refractivity contribution in [1.82, 2.24) is 0 Å². The molecule has 2 aromatic carbocycles. The monoisotopic (exact) mass is 267 g/mol. The first-order chi connectivity index (χ1) is 9.78. The number of rotatable bonds is 1. The maximum Gasteiger partial charge on any atom is 0.153 e. The van der Waals surface area contributed by atoms with Crippen LogP contribution in [0, 0.1) is 0 Å². The second kappa shape index (κ2) is 4.23. The molecule has 0 unspecified atom stereocenters. The molecule has 2 aliphatic rings. The minimum atomic E-state index is 0.0941. The predicted octanol–water partition coefficient (Wildman–Crippen LogP) is 3.06. The van der Waals surface area contributed by atoms with E-state index in [-0.39, 0.29) is 5.75 Å². The quantitative estimate of drug-likeness (QED) is 0.807. The number of hydrogen-bond acceptors (Lipinski definition) is 3. The molecule has 20 heavy (non-hydrogen) atoms. The number of benzene rings is 2. The van der Waals surface area contributed by atoms with Crippen LogP contribution in [0.1, 0.15) is 34.3 Å². The molecule has 0 fully saturated rings. The topological polar surface area (TPSA) is 40.5 Å².